The van der Waals surface area contributed by atoms with Gasteiger partial charge in [-0.25, -0.2) is 0 Å². The van der Waals surface area contributed by atoms with Gasteiger partial charge in [-0.2, -0.15) is 0 Å². The second-order valence-corrected chi connectivity index (χ2v) is 9.69. The van der Waals surface area contributed by atoms with Crippen molar-refractivity contribution in [2.75, 3.05) is 13.6 Å². The first-order valence-corrected chi connectivity index (χ1v) is 11.4. The number of aryl methyl sites for hydroxylation is 1. The number of furan rings is 1. The summed E-state index contributed by atoms with van der Waals surface area (Å²) in [5.41, 5.74) is 1.10. The quantitative estimate of drug-likeness (QED) is 0.402. The van der Waals surface area contributed by atoms with E-state index in [1.165, 1.54) is 9.75 Å². The van der Waals surface area contributed by atoms with Crippen molar-refractivity contribution in [3.8, 4) is 0 Å². The molecule has 5 heteroatoms. The third kappa shape index (κ3) is 6.57. The number of hydrogen-bond donors (Lipinski definition) is 0. The molecule has 1 amide bonds. The fourth-order valence-corrected chi connectivity index (χ4v) is 4.29. The van der Waals surface area contributed by atoms with Crippen LogP contribution in [0.5, 0.6) is 0 Å². The molecule has 0 unspecified atom stereocenters. The molecule has 1 aromatic carbocycles. The number of hydrogen-bond acceptors (Lipinski definition) is 4. The topological polar surface area (TPSA) is 36.7 Å². The largest absolute Gasteiger partial charge is 0.455 e. The van der Waals surface area contributed by atoms with Gasteiger partial charge in [-0.3, -0.25) is 9.69 Å². The zero-order valence-electron chi connectivity index (χ0n) is 18.4. The molecule has 160 valence electrons. The third-order valence-corrected chi connectivity index (χ3v) is 6.04. The Bertz CT molecular complexity index is 930. The third-order valence-electron chi connectivity index (χ3n) is 5.06. The molecule has 0 aliphatic carbocycles. The van der Waals surface area contributed by atoms with E-state index in [9.17, 15) is 4.79 Å². The molecule has 2 heterocycles. The first-order chi connectivity index (χ1) is 14.4. The van der Waals surface area contributed by atoms with Crippen molar-refractivity contribution in [3.05, 3.63) is 81.4 Å². The van der Waals surface area contributed by atoms with E-state index >= 15 is 0 Å². The molecule has 0 fully saturated rings. The van der Waals surface area contributed by atoms with Gasteiger partial charge in [0.1, 0.15) is 5.76 Å². The Kier molecular flexibility index (Phi) is 7.88. The van der Waals surface area contributed by atoms with E-state index in [4.69, 9.17) is 4.42 Å². The molecule has 0 aliphatic heterocycles. The van der Waals surface area contributed by atoms with Gasteiger partial charge >= 0.3 is 0 Å². The summed E-state index contributed by atoms with van der Waals surface area (Å²) in [5, 5.41) is 0. The minimum atomic E-state index is -0.0901. The standard InChI is InChI=1S/C25H32N2O2S/c1-19(2)14-15-27(18-23-12-10-20(3)30-23)17-22-11-13-24(29-22)25(28)26(4)16-21-8-6-5-7-9-21/h5-13,19H,14-18H2,1-4H3. The molecule has 0 aliphatic rings. The number of nitrogens with zero attached hydrogens (tertiary/aromatic N) is 2. The molecule has 4 nitrogen and oxygen atoms in total. The first-order valence-electron chi connectivity index (χ1n) is 10.6. The number of amides is 1. The fourth-order valence-electron chi connectivity index (χ4n) is 3.36. The Morgan fingerprint density at radius 3 is 2.43 bits per heavy atom. The molecule has 0 radical (unpaired) electrons. The van der Waals surface area contributed by atoms with Crippen LogP contribution in [0.25, 0.3) is 0 Å². The maximum absolute atomic E-state index is 12.8. The first kappa shape index (κ1) is 22.3. The zero-order valence-corrected chi connectivity index (χ0v) is 19.2. The Morgan fingerprint density at radius 1 is 1.00 bits per heavy atom. The number of carbonyl (C=O) groups is 1. The molecule has 30 heavy (non-hydrogen) atoms. The van der Waals surface area contributed by atoms with Crippen LogP contribution in [-0.2, 0) is 19.6 Å². The normalized spacial score (nSPS) is 11.4. The second kappa shape index (κ2) is 10.6. The lowest BCUT2D eigenvalue weighted by atomic mass is 10.1. The summed E-state index contributed by atoms with van der Waals surface area (Å²) < 4.78 is 5.96. The van der Waals surface area contributed by atoms with Gasteiger partial charge in [0.05, 0.1) is 6.54 Å². The summed E-state index contributed by atoms with van der Waals surface area (Å²) in [6, 6.07) is 18.1. The predicted molar refractivity (Wildman–Crippen MR) is 124 cm³/mol. The fraction of sp³-hybridized carbons (Fsp3) is 0.400. The zero-order chi connectivity index (χ0) is 21.5. The Morgan fingerprint density at radius 2 is 1.77 bits per heavy atom. The van der Waals surface area contributed by atoms with Crippen LogP contribution in [0.4, 0.5) is 0 Å². The van der Waals surface area contributed by atoms with Gasteiger partial charge in [0.25, 0.3) is 5.91 Å². The number of thiophene rings is 1. The van der Waals surface area contributed by atoms with Crippen LogP contribution in [0.1, 0.15) is 51.9 Å². The van der Waals surface area contributed by atoms with Crippen molar-refractivity contribution in [1.82, 2.24) is 9.80 Å². The monoisotopic (exact) mass is 424 g/mol. The van der Waals surface area contributed by atoms with Gasteiger partial charge in [0.15, 0.2) is 5.76 Å². The second-order valence-electron chi connectivity index (χ2n) is 8.32. The van der Waals surface area contributed by atoms with E-state index in [1.54, 1.807) is 11.0 Å². The highest BCUT2D eigenvalue weighted by molar-refractivity contribution is 7.11. The van der Waals surface area contributed by atoms with E-state index in [2.05, 4.69) is 37.8 Å². The molecule has 0 N–H and O–H groups in total. The summed E-state index contributed by atoms with van der Waals surface area (Å²) in [4.78, 5) is 19.6. The van der Waals surface area contributed by atoms with E-state index in [0.717, 1.165) is 30.8 Å². The van der Waals surface area contributed by atoms with E-state index in [-0.39, 0.29) is 5.91 Å². The number of carbonyl (C=O) groups excluding carboxylic acids is 1. The van der Waals surface area contributed by atoms with Crippen LogP contribution in [0.3, 0.4) is 0 Å². The average Bonchev–Trinajstić information content (AvgIpc) is 3.35. The van der Waals surface area contributed by atoms with Gasteiger partial charge in [-0.1, -0.05) is 44.2 Å². The van der Waals surface area contributed by atoms with Crippen LogP contribution in [0.15, 0.2) is 59.0 Å². The summed E-state index contributed by atoms with van der Waals surface area (Å²) in [6.07, 6.45) is 1.14. The minimum Gasteiger partial charge on any atom is -0.455 e. The minimum absolute atomic E-state index is 0.0901. The average molecular weight is 425 g/mol. The smallest absolute Gasteiger partial charge is 0.289 e. The van der Waals surface area contributed by atoms with Crippen molar-refractivity contribution < 1.29 is 9.21 Å². The van der Waals surface area contributed by atoms with Crippen molar-refractivity contribution in [2.24, 2.45) is 5.92 Å². The van der Waals surface area contributed by atoms with Crippen molar-refractivity contribution in [2.45, 2.75) is 46.8 Å². The predicted octanol–water partition coefficient (Wildman–Crippen LogP) is 5.97. The highest BCUT2D eigenvalue weighted by atomic mass is 32.1. The number of benzene rings is 1. The Labute approximate surface area is 184 Å². The molecule has 0 saturated heterocycles. The molecule has 0 atom stereocenters. The van der Waals surface area contributed by atoms with E-state index in [1.807, 2.05) is 54.8 Å². The maximum atomic E-state index is 12.8. The van der Waals surface area contributed by atoms with Crippen LogP contribution in [0, 0.1) is 12.8 Å². The van der Waals surface area contributed by atoms with Crippen LogP contribution in [-0.4, -0.2) is 29.3 Å². The molecule has 0 bridgehead atoms. The summed E-state index contributed by atoms with van der Waals surface area (Å²) in [7, 11) is 1.81. The van der Waals surface area contributed by atoms with Crippen molar-refractivity contribution >= 4 is 17.2 Å². The van der Waals surface area contributed by atoms with Crippen LogP contribution < -0.4 is 0 Å². The SMILES string of the molecule is Cc1ccc(CN(CCC(C)C)Cc2ccc(C(=O)N(C)Cc3ccccc3)o2)s1. The van der Waals surface area contributed by atoms with Gasteiger partial charge < -0.3 is 9.32 Å². The highest BCUT2D eigenvalue weighted by Crippen LogP contribution is 2.20. The lowest BCUT2D eigenvalue weighted by Gasteiger charge is -2.21. The molecular weight excluding hydrogens is 392 g/mol. The molecule has 2 aromatic heterocycles. The molecule has 3 aromatic rings. The Balaban J connectivity index is 1.63. The highest BCUT2D eigenvalue weighted by Gasteiger charge is 2.18. The van der Waals surface area contributed by atoms with Gasteiger partial charge in [-0.15, -0.1) is 11.3 Å². The lowest BCUT2D eigenvalue weighted by molar-refractivity contribution is 0.0749. The summed E-state index contributed by atoms with van der Waals surface area (Å²) in [6.45, 7) is 9.82. The summed E-state index contributed by atoms with van der Waals surface area (Å²) in [5.74, 6) is 1.80. The van der Waals surface area contributed by atoms with Gasteiger partial charge in [-0.05, 0) is 55.6 Å². The van der Waals surface area contributed by atoms with E-state index in [0.29, 0.717) is 24.8 Å². The van der Waals surface area contributed by atoms with Gasteiger partial charge in [0, 0.05) is 29.9 Å². The maximum Gasteiger partial charge on any atom is 0.289 e. The number of rotatable bonds is 10. The van der Waals surface area contributed by atoms with Crippen molar-refractivity contribution in [1.29, 1.82) is 0 Å². The van der Waals surface area contributed by atoms with Crippen LogP contribution in [0.2, 0.25) is 0 Å². The van der Waals surface area contributed by atoms with E-state index < -0.39 is 0 Å². The van der Waals surface area contributed by atoms with Gasteiger partial charge in [0.2, 0.25) is 0 Å². The molecular formula is C25H32N2O2S. The Hall–Kier alpha value is -2.37. The summed E-state index contributed by atoms with van der Waals surface area (Å²) >= 11 is 1.84. The molecule has 0 spiro atoms. The van der Waals surface area contributed by atoms with Crippen molar-refractivity contribution in [3.63, 3.8) is 0 Å². The molecule has 3 rings (SSSR count). The molecule has 0 saturated carbocycles. The lowest BCUT2D eigenvalue weighted by Crippen LogP contribution is -2.26. The van der Waals surface area contributed by atoms with Crippen LogP contribution >= 0.6 is 11.3 Å².